The maximum absolute atomic E-state index is 2.46. The number of rotatable bonds is 4. The van der Waals surface area contributed by atoms with Crippen molar-refractivity contribution in [3.05, 3.63) is 11.6 Å². The molecular formula is C14H26. The van der Waals surface area contributed by atoms with Crippen molar-refractivity contribution >= 4 is 0 Å². The molecule has 2 atom stereocenters. The minimum absolute atomic E-state index is 0.873. The molecule has 2 unspecified atom stereocenters. The van der Waals surface area contributed by atoms with Crippen LogP contribution in [0.2, 0.25) is 0 Å². The molecule has 0 aromatic carbocycles. The average Bonchev–Trinajstić information content (AvgIpc) is 2.15. The molecular weight excluding hydrogens is 168 g/mol. The highest BCUT2D eigenvalue weighted by Crippen LogP contribution is 2.31. The van der Waals surface area contributed by atoms with E-state index in [1.165, 1.54) is 32.1 Å². The van der Waals surface area contributed by atoms with Crippen LogP contribution in [0.1, 0.15) is 59.8 Å². The summed E-state index contributed by atoms with van der Waals surface area (Å²) in [6.45, 7) is 9.38. The van der Waals surface area contributed by atoms with E-state index in [1.54, 1.807) is 5.57 Å². The summed E-state index contributed by atoms with van der Waals surface area (Å²) in [4.78, 5) is 0. The summed E-state index contributed by atoms with van der Waals surface area (Å²) in [5.41, 5.74) is 1.61. The van der Waals surface area contributed by atoms with Gasteiger partial charge < -0.3 is 0 Å². The van der Waals surface area contributed by atoms with Crippen molar-refractivity contribution in [3.8, 4) is 0 Å². The molecule has 0 bridgehead atoms. The third-order valence-electron chi connectivity index (χ3n) is 3.68. The van der Waals surface area contributed by atoms with Crippen LogP contribution in [0.4, 0.5) is 0 Å². The van der Waals surface area contributed by atoms with Gasteiger partial charge in [0.2, 0.25) is 0 Å². The van der Waals surface area contributed by atoms with Crippen LogP contribution in [0.5, 0.6) is 0 Å². The maximum Gasteiger partial charge on any atom is -0.0317 e. The lowest BCUT2D eigenvalue weighted by Gasteiger charge is -2.27. The summed E-state index contributed by atoms with van der Waals surface area (Å²) in [5, 5.41) is 0. The van der Waals surface area contributed by atoms with Crippen LogP contribution in [0, 0.1) is 17.8 Å². The molecule has 0 radical (unpaired) electrons. The van der Waals surface area contributed by atoms with Gasteiger partial charge in [0.25, 0.3) is 0 Å². The van der Waals surface area contributed by atoms with Gasteiger partial charge in [-0.3, -0.25) is 0 Å². The van der Waals surface area contributed by atoms with E-state index in [2.05, 4.69) is 33.8 Å². The molecule has 0 saturated heterocycles. The third-order valence-corrected chi connectivity index (χ3v) is 3.68. The Kier molecular flexibility index (Phi) is 4.71. The molecule has 0 spiro atoms. The summed E-state index contributed by atoms with van der Waals surface area (Å²) in [5.74, 6) is 2.78. The molecule has 1 aliphatic carbocycles. The second kappa shape index (κ2) is 5.58. The second-order valence-electron chi connectivity index (χ2n) is 5.53. The Labute approximate surface area is 89.8 Å². The van der Waals surface area contributed by atoms with Gasteiger partial charge in [0.05, 0.1) is 0 Å². The number of hydrogen-bond acceptors (Lipinski definition) is 0. The summed E-state index contributed by atoms with van der Waals surface area (Å²) >= 11 is 0. The van der Waals surface area contributed by atoms with Gasteiger partial charge in [-0.15, -0.1) is 0 Å². The molecule has 0 aliphatic heterocycles. The molecule has 0 saturated carbocycles. The van der Waals surface area contributed by atoms with Gasteiger partial charge in [0, 0.05) is 0 Å². The van der Waals surface area contributed by atoms with Crippen molar-refractivity contribution in [2.45, 2.75) is 59.8 Å². The zero-order valence-corrected chi connectivity index (χ0v) is 10.3. The molecule has 0 aromatic rings. The van der Waals surface area contributed by atoms with E-state index >= 15 is 0 Å². The Morgan fingerprint density at radius 1 is 1.29 bits per heavy atom. The first-order valence-electron chi connectivity index (χ1n) is 6.25. The highest BCUT2D eigenvalue weighted by molar-refractivity contribution is 5.03. The van der Waals surface area contributed by atoms with Crippen molar-refractivity contribution in [1.82, 2.24) is 0 Å². The van der Waals surface area contributed by atoms with Gasteiger partial charge in [-0.2, -0.15) is 0 Å². The monoisotopic (exact) mass is 194 g/mol. The molecule has 0 nitrogen and oxygen atoms in total. The average molecular weight is 194 g/mol. The highest BCUT2D eigenvalue weighted by atomic mass is 14.2. The van der Waals surface area contributed by atoms with Crippen LogP contribution in [0.25, 0.3) is 0 Å². The minimum atomic E-state index is 0.873. The van der Waals surface area contributed by atoms with E-state index in [9.17, 15) is 0 Å². The normalized spacial score (nSPS) is 24.9. The van der Waals surface area contributed by atoms with Crippen LogP contribution < -0.4 is 0 Å². The van der Waals surface area contributed by atoms with Gasteiger partial charge in [-0.05, 0) is 43.9 Å². The summed E-state index contributed by atoms with van der Waals surface area (Å²) in [7, 11) is 0. The number of hydrogen-bond donors (Lipinski definition) is 0. The van der Waals surface area contributed by atoms with Crippen molar-refractivity contribution < 1.29 is 0 Å². The lowest BCUT2D eigenvalue weighted by atomic mass is 9.79. The largest absolute Gasteiger partial charge is 0.0853 e. The molecule has 0 N–H and O–H groups in total. The van der Waals surface area contributed by atoms with Crippen LogP contribution >= 0.6 is 0 Å². The van der Waals surface area contributed by atoms with Gasteiger partial charge in [0.1, 0.15) is 0 Å². The fraction of sp³-hybridized carbons (Fsp3) is 0.857. The highest BCUT2D eigenvalue weighted by Gasteiger charge is 2.19. The van der Waals surface area contributed by atoms with Crippen LogP contribution in [-0.2, 0) is 0 Å². The topological polar surface area (TPSA) is 0 Å². The van der Waals surface area contributed by atoms with Crippen LogP contribution in [0.3, 0.4) is 0 Å². The quantitative estimate of drug-likeness (QED) is 0.564. The minimum Gasteiger partial charge on any atom is -0.0853 e. The molecule has 1 aliphatic rings. The Balaban J connectivity index is 2.28. The van der Waals surface area contributed by atoms with E-state index in [1.807, 2.05) is 0 Å². The van der Waals surface area contributed by atoms with E-state index in [-0.39, 0.29) is 0 Å². The van der Waals surface area contributed by atoms with Crippen molar-refractivity contribution in [2.75, 3.05) is 0 Å². The van der Waals surface area contributed by atoms with Gasteiger partial charge in [-0.25, -0.2) is 0 Å². The molecule has 0 heteroatoms. The standard InChI is InChI=1S/C14H26/c1-11(2)5-8-13(4)14-9-6-12(3)7-10-14/h6,11,13-14H,5,7-10H2,1-4H3. The Morgan fingerprint density at radius 2 is 2.00 bits per heavy atom. The Hall–Kier alpha value is -0.260. The maximum atomic E-state index is 2.46. The Morgan fingerprint density at radius 3 is 2.50 bits per heavy atom. The first-order valence-corrected chi connectivity index (χ1v) is 6.25. The van der Waals surface area contributed by atoms with Gasteiger partial charge in [0.15, 0.2) is 0 Å². The fourth-order valence-corrected chi connectivity index (χ4v) is 2.33. The Bertz CT molecular complexity index is 188. The van der Waals surface area contributed by atoms with Gasteiger partial charge >= 0.3 is 0 Å². The van der Waals surface area contributed by atoms with Crippen LogP contribution in [0.15, 0.2) is 11.6 Å². The predicted molar refractivity (Wildman–Crippen MR) is 64.3 cm³/mol. The van der Waals surface area contributed by atoms with E-state index < -0.39 is 0 Å². The van der Waals surface area contributed by atoms with Crippen molar-refractivity contribution in [2.24, 2.45) is 17.8 Å². The molecule has 82 valence electrons. The van der Waals surface area contributed by atoms with Crippen LogP contribution in [-0.4, -0.2) is 0 Å². The molecule has 0 aromatic heterocycles. The van der Waals surface area contributed by atoms with E-state index in [0.29, 0.717) is 0 Å². The van der Waals surface area contributed by atoms with Crippen molar-refractivity contribution in [1.29, 1.82) is 0 Å². The predicted octanol–water partition coefficient (Wildman–Crippen LogP) is 4.81. The van der Waals surface area contributed by atoms with Gasteiger partial charge in [-0.1, -0.05) is 45.3 Å². The SMILES string of the molecule is CC1=CCC(C(C)CCC(C)C)CC1. The van der Waals surface area contributed by atoms with E-state index in [0.717, 1.165) is 17.8 Å². The lowest BCUT2D eigenvalue weighted by molar-refractivity contribution is 0.293. The zero-order chi connectivity index (χ0) is 10.6. The second-order valence-corrected chi connectivity index (χ2v) is 5.53. The molecule has 1 rings (SSSR count). The molecule has 0 heterocycles. The molecule has 14 heavy (non-hydrogen) atoms. The molecule has 0 fully saturated rings. The van der Waals surface area contributed by atoms with E-state index in [4.69, 9.17) is 0 Å². The first kappa shape index (κ1) is 11.8. The summed E-state index contributed by atoms with van der Waals surface area (Å²) < 4.78 is 0. The zero-order valence-electron chi connectivity index (χ0n) is 10.3. The fourth-order valence-electron chi connectivity index (χ4n) is 2.33. The third kappa shape index (κ3) is 3.86. The number of allylic oxidation sites excluding steroid dienone is 2. The van der Waals surface area contributed by atoms with Crippen molar-refractivity contribution in [3.63, 3.8) is 0 Å². The summed E-state index contributed by atoms with van der Waals surface area (Å²) in [6, 6.07) is 0. The lowest BCUT2D eigenvalue weighted by Crippen LogP contribution is -2.14. The molecule has 0 amide bonds. The smallest absolute Gasteiger partial charge is 0.0317 e. The first-order chi connectivity index (χ1) is 6.59. The summed E-state index contributed by atoms with van der Waals surface area (Å²) in [6.07, 6.45) is 9.40.